The van der Waals surface area contributed by atoms with E-state index in [4.69, 9.17) is 11.6 Å². The van der Waals surface area contributed by atoms with Crippen molar-refractivity contribution in [2.45, 2.75) is 5.16 Å². The lowest BCUT2D eigenvalue weighted by atomic mass is 10.2. The standard InChI is InChI=1S/C18H15BrClN5O2S/c1-25-17(11-3-2-4-13(19)7-11)23-24-18(25)28-10-16(27)22-21-9-12-8-14(20)5-6-15(12)26/h2-9,26H,10H2,1H3,(H,22,27)/b21-9+. The molecule has 10 heteroatoms. The number of carbonyl (C=O) groups is 1. The first-order valence-corrected chi connectivity index (χ1v) is 10.2. The van der Waals surface area contributed by atoms with E-state index in [0.717, 1.165) is 10.0 Å². The zero-order valence-electron chi connectivity index (χ0n) is 14.6. The van der Waals surface area contributed by atoms with Crippen molar-refractivity contribution in [3.63, 3.8) is 0 Å². The number of amides is 1. The monoisotopic (exact) mass is 479 g/mol. The third-order valence-electron chi connectivity index (χ3n) is 3.63. The molecule has 0 saturated heterocycles. The lowest BCUT2D eigenvalue weighted by Crippen LogP contribution is -2.19. The number of rotatable bonds is 6. The zero-order valence-corrected chi connectivity index (χ0v) is 17.8. The van der Waals surface area contributed by atoms with Crippen LogP contribution in [0.5, 0.6) is 5.75 Å². The number of benzene rings is 2. The first-order chi connectivity index (χ1) is 13.4. The molecule has 0 atom stereocenters. The smallest absolute Gasteiger partial charge is 0.250 e. The van der Waals surface area contributed by atoms with Crippen molar-refractivity contribution in [1.29, 1.82) is 0 Å². The Labute approximate surface area is 178 Å². The van der Waals surface area contributed by atoms with Gasteiger partial charge in [-0.15, -0.1) is 10.2 Å². The van der Waals surface area contributed by atoms with Crippen LogP contribution in [0, 0.1) is 0 Å². The van der Waals surface area contributed by atoms with Crippen molar-refractivity contribution in [2.24, 2.45) is 12.1 Å². The number of hydrazone groups is 1. The lowest BCUT2D eigenvalue weighted by molar-refractivity contribution is -0.118. The first-order valence-electron chi connectivity index (χ1n) is 8.02. The Morgan fingerprint density at radius 1 is 1.36 bits per heavy atom. The van der Waals surface area contributed by atoms with Gasteiger partial charge in [-0.2, -0.15) is 5.10 Å². The van der Waals surface area contributed by atoms with E-state index in [1.54, 1.807) is 12.1 Å². The molecule has 0 fully saturated rings. The average Bonchev–Trinajstić information content (AvgIpc) is 3.03. The van der Waals surface area contributed by atoms with Gasteiger partial charge in [-0.3, -0.25) is 4.79 Å². The predicted octanol–water partition coefficient (Wildman–Crippen LogP) is 3.85. The second-order valence-electron chi connectivity index (χ2n) is 5.66. The summed E-state index contributed by atoms with van der Waals surface area (Å²) in [4.78, 5) is 12.0. The number of hydrogen-bond donors (Lipinski definition) is 2. The number of thioether (sulfide) groups is 1. The van der Waals surface area contributed by atoms with Crippen molar-refractivity contribution in [2.75, 3.05) is 5.75 Å². The van der Waals surface area contributed by atoms with Gasteiger partial charge in [0.05, 0.1) is 12.0 Å². The molecular weight excluding hydrogens is 466 g/mol. The third-order valence-corrected chi connectivity index (χ3v) is 5.38. The molecule has 7 nitrogen and oxygen atoms in total. The summed E-state index contributed by atoms with van der Waals surface area (Å²) in [7, 11) is 1.84. The second kappa shape index (κ2) is 9.22. The first kappa shape index (κ1) is 20.4. The Kier molecular flexibility index (Phi) is 6.71. The summed E-state index contributed by atoms with van der Waals surface area (Å²) < 4.78 is 2.78. The Morgan fingerprint density at radius 2 is 2.18 bits per heavy atom. The van der Waals surface area contributed by atoms with Crippen LogP contribution in [0.3, 0.4) is 0 Å². The third kappa shape index (κ3) is 5.12. The Morgan fingerprint density at radius 3 is 2.96 bits per heavy atom. The molecule has 0 spiro atoms. The van der Waals surface area contributed by atoms with Crippen LogP contribution in [0.4, 0.5) is 0 Å². The summed E-state index contributed by atoms with van der Waals surface area (Å²) in [5.74, 6) is 0.535. The maximum Gasteiger partial charge on any atom is 0.250 e. The zero-order chi connectivity index (χ0) is 20.1. The largest absolute Gasteiger partial charge is 0.507 e. The molecular formula is C18H15BrClN5O2S. The normalized spacial score (nSPS) is 11.1. The van der Waals surface area contributed by atoms with E-state index < -0.39 is 0 Å². The van der Waals surface area contributed by atoms with E-state index in [2.05, 4.69) is 36.7 Å². The molecule has 0 aliphatic heterocycles. The average molecular weight is 481 g/mol. The minimum absolute atomic E-state index is 0.0240. The molecule has 0 unspecified atom stereocenters. The SMILES string of the molecule is Cn1c(SCC(=O)N/N=C/c2cc(Cl)ccc2O)nnc1-c1cccc(Br)c1. The minimum Gasteiger partial charge on any atom is -0.507 e. The fourth-order valence-electron chi connectivity index (χ4n) is 2.28. The van der Waals surface area contributed by atoms with Gasteiger partial charge >= 0.3 is 0 Å². The molecule has 1 aromatic heterocycles. The van der Waals surface area contributed by atoms with Crippen LogP contribution in [0.25, 0.3) is 11.4 Å². The van der Waals surface area contributed by atoms with Crippen LogP contribution in [0.15, 0.2) is 57.2 Å². The summed E-state index contributed by atoms with van der Waals surface area (Å²) in [5, 5.41) is 23.0. The van der Waals surface area contributed by atoms with Crippen LogP contribution in [0.2, 0.25) is 5.02 Å². The van der Waals surface area contributed by atoms with E-state index in [1.165, 1.54) is 24.0 Å². The maximum absolute atomic E-state index is 12.0. The molecule has 3 rings (SSSR count). The molecule has 0 saturated carbocycles. The molecule has 2 aromatic carbocycles. The van der Waals surface area contributed by atoms with Crippen LogP contribution in [-0.2, 0) is 11.8 Å². The molecule has 2 N–H and O–H groups in total. The highest BCUT2D eigenvalue weighted by Crippen LogP contribution is 2.24. The molecule has 3 aromatic rings. The Hall–Kier alpha value is -2.36. The molecule has 1 heterocycles. The minimum atomic E-state index is -0.310. The highest BCUT2D eigenvalue weighted by Gasteiger charge is 2.13. The van der Waals surface area contributed by atoms with Crippen molar-refractivity contribution >= 4 is 51.4 Å². The number of hydrogen-bond acceptors (Lipinski definition) is 6. The van der Waals surface area contributed by atoms with Crippen molar-refractivity contribution in [3.05, 3.63) is 57.5 Å². The van der Waals surface area contributed by atoms with Gasteiger partial charge in [-0.1, -0.05) is 51.4 Å². The number of aromatic nitrogens is 3. The molecule has 28 heavy (non-hydrogen) atoms. The molecule has 0 radical (unpaired) electrons. The van der Waals surface area contributed by atoms with Gasteiger partial charge in [-0.25, -0.2) is 5.43 Å². The summed E-state index contributed by atoms with van der Waals surface area (Å²) >= 11 is 10.6. The molecule has 1 amide bonds. The quantitative estimate of drug-likeness (QED) is 0.318. The summed E-state index contributed by atoms with van der Waals surface area (Å²) in [5.41, 5.74) is 3.74. The van der Waals surface area contributed by atoms with Crippen LogP contribution < -0.4 is 5.43 Å². The van der Waals surface area contributed by atoms with Gasteiger partial charge in [-0.05, 0) is 30.3 Å². The van der Waals surface area contributed by atoms with Crippen LogP contribution >= 0.6 is 39.3 Å². The number of carbonyl (C=O) groups excluding carboxylic acids is 1. The lowest BCUT2D eigenvalue weighted by Gasteiger charge is -2.04. The van der Waals surface area contributed by atoms with Crippen LogP contribution in [0.1, 0.15) is 5.56 Å². The maximum atomic E-state index is 12.0. The summed E-state index contributed by atoms with van der Waals surface area (Å²) in [6.07, 6.45) is 1.33. The number of halogens is 2. The van der Waals surface area contributed by atoms with Gasteiger partial charge in [0.1, 0.15) is 5.75 Å². The summed E-state index contributed by atoms with van der Waals surface area (Å²) in [6.45, 7) is 0. The summed E-state index contributed by atoms with van der Waals surface area (Å²) in [6, 6.07) is 12.3. The highest BCUT2D eigenvalue weighted by molar-refractivity contribution is 9.10. The second-order valence-corrected chi connectivity index (χ2v) is 7.96. The fraction of sp³-hybridized carbons (Fsp3) is 0.111. The van der Waals surface area contributed by atoms with Gasteiger partial charge < -0.3 is 9.67 Å². The number of aromatic hydroxyl groups is 1. The van der Waals surface area contributed by atoms with Crippen molar-refractivity contribution in [1.82, 2.24) is 20.2 Å². The number of nitrogens with zero attached hydrogens (tertiary/aromatic N) is 4. The van der Waals surface area contributed by atoms with Gasteiger partial charge in [0.15, 0.2) is 11.0 Å². The topological polar surface area (TPSA) is 92.4 Å². The Bertz CT molecular complexity index is 1040. The van der Waals surface area contributed by atoms with Gasteiger partial charge in [0, 0.05) is 27.7 Å². The van der Waals surface area contributed by atoms with E-state index in [1.807, 2.05) is 35.9 Å². The van der Waals surface area contributed by atoms with Crippen molar-refractivity contribution < 1.29 is 9.90 Å². The van der Waals surface area contributed by atoms with Gasteiger partial charge in [0.2, 0.25) is 0 Å². The molecule has 144 valence electrons. The van der Waals surface area contributed by atoms with Gasteiger partial charge in [0.25, 0.3) is 5.91 Å². The predicted molar refractivity (Wildman–Crippen MR) is 114 cm³/mol. The van der Waals surface area contributed by atoms with E-state index >= 15 is 0 Å². The number of phenols is 1. The van der Waals surface area contributed by atoms with Crippen LogP contribution in [-0.4, -0.2) is 37.7 Å². The molecule has 0 aliphatic carbocycles. The number of nitrogens with one attached hydrogen (secondary N) is 1. The fourth-order valence-corrected chi connectivity index (χ4v) is 3.57. The van der Waals surface area contributed by atoms with E-state index in [0.29, 0.717) is 21.6 Å². The van der Waals surface area contributed by atoms with E-state index in [-0.39, 0.29) is 17.4 Å². The van der Waals surface area contributed by atoms with E-state index in [9.17, 15) is 9.90 Å². The Balaban J connectivity index is 1.58. The van der Waals surface area contributed by atoms with Crippen molar-refractivity contribution in [3.8, 4) is 17.1 Å². The number of phenolic OH excluding ortho intramolecular Hbond substituents is 1. The molecule has 0 aliphatic rings. The molecule has 0 bridgehead atoms. The highest BCUT2D eigenvalue weighted by atomic mass is 79.9.